The fourth-order valence-electron chi connectivity index (χ4n) is 10.2. The summed E-state index contributed by atoms with van der Waals surface area (Å²) in [6, 6.07) is 71.1. The van der Waals surface area contributed by atoms with E-state index in [1.165, 1.54) is 0 Å². The Morgan fingerprint density at radius 1 is 0.379 bits per heavy atom. The van der Waals surface area contributed by atoms with Crippen LogP contribution in [0.15, 0.2) is 209 Å². The lowest BCUT2D eigenvalue weighted by Crippen LogP contribution is -1.99. The maximum atomic E-state index is 9.64. The Kier molecular flexibility index (Phi) is 7.62. The molecule has 0 spiro atoms. The van der Waals surface area contributed by atoms with Crippen molar-refractivity contribution >= 4 is 87.5 Å². The van der Waals surface area contributed by atoms with Gasteiger partial charge in [0.25, 0.3) is 0 Å². The molecule has 0 aliphatic rings. The molecule has 0 N–H and O–H groups in total. The Hall–Kier alpha value is -9.25. The predicted octanol–water partition coefficient (Wildman–Crippen LogP) is 15.3. The van der Waals surface area contributed by atoms with Crippen molar-refractivity contribution in [3.05, 3.63) is 206 Å². The van der Waals surface area contributed by atoms with Crippen LogP contribution >= 0.6 is 0 Å². The van der Waals surface area contributed by atoms with Gasteiger partial charge in [-0.2, -0.15) is 5.26 Å². The summed E-state index contributed by atoms with van der Waals surface area (Å²) in [5.74, 6) is 0.587. The number of fused-ring (bicyclic) bond motifs is 14. The van der Waals surface area contributed by atoms with Gasteiger partial charge in [-0.1, -0.05) is 109 Å². The number of benzene rings is 9. The maximum Gasteiger partial charge on any atom is 0.160 e. The summed E-state index contributed by atoms with van der Waals surface area (Å²) in [7, 11) is 0. The molecule has 0 amide bonds. The highest BCUT2D eigenvalue weighted by atomic mass is 16.3. The zero-order valence-electron chi connectivity index (χ0n) is 35.1. The molecule has 7 heteroatoms. The van der Waals surface area contributed by atoms with E-state index in [-0.39, 0.29) is 0 Å². The Balaban J connectivity index is 0.950. The summed E-state index contributed by atoms with van der Waals surface area (Å²) in [5.41, 5.74) is 14.6. The minimum atomic E-state index is 0.587. The van der Waals surface area contributed by atoms with E-state index in [0.29, 0.717) is 11.4 Å². The summed E-state index contributed by atoms with van der Waals surface area (Å²) < 4.78 is 17.8. The lowest BCUT2D eigenvalue weighted by molar-refractivity contribution is 0.672. The molecule has 5 heterocycles. The van der Waals surface area contributed by atoms with Crippen molar-refractivity contribution in [1.82, 2.24) is 19.1 Å². The molecular weight excluding hydrogens is 811 g/mol. The first kappa shape index (κ1) is 36.3. The number of nitrogens with zero attached hydrogens (tertiary/aromatic N) is 5. The Morgan fingerprint density at radius 3 is 1.42 bits per heavy atom. The van der Waals surface area contributed by atoms with Crippen molar-refractivity contribution in [2.24, 2.45) is 0 Å². The maximum absolute atomic E-state index is 9.64. The van der Waals surface area contributed by atoms with E-state index in [4.69, 9.17) is 18.8 Å². The second-order valence-corrected chi connectivity index (χ2v) is 16.8. The molecular formula is C59H33N5O2. The van der Waals surface area contributed by atoms with E-state index in [0.717, 1.165) is 127 Å². The van der Waals surface area contributed by atoms with Crippen LogP contribution in [-0.2, 0) is 0 Å². The van der Waals surface area contributed by atoms with Crippen molar-refractivity contribution in [1.29, 1.82) is 5.26 Å². The van der Waals surface area contributed by atoms with Crippen LogP contribution in [0.4, 0.5) is 0 Å². The molecule has 0 saturated heterocycles. The summed E-state index contributed by atoms with van der Waals surface area (Å²) in [6.07, 6.45) is 0. The molecule has 0 bridgehead atoms. The number of hydrogen-bond donors (Lipinski definition) is 0. The lowest BCUT2D eigenvalue weighted by atomic mass is 10.0. The van der Waals surface area contributed by atoms with Crippen molar-refractivity contribution in [3.8, 4) is 51.3 Å². The number of nitriles is 1. The molecule has 0 aliphatic heterocycles. The molecule has 5 aromatic heterocycles. The van der Waals surface area contributed by atoms with Crippen molar-refractivity contribution < 1.29 is 8.83 Å². The molecule has 14 aromatic rings. The van der Waals surface area contributed by atoms with Crippen LogP contribution in [0.25, 0.3) is 133 Å². The van der Waals surface area contributed by atoms with Gasteiger partial charge in [0.1, 0.15) is 22.3 Å². The predicted molar refractivity (Wildman–Crippen MR) is 266 cm³/mol. The molecule has 306 valence electrons. The van der Waals surface area contributed by atoms with Crippen LogP contribution in [0.2, 0.25) is 0 Å². The molecule has 7 nitrogen and oxygen atoms in total. The van der Waals surface area contributed by atoms with Crippen molar-refractivity contribution in [2.45, 2.75) is 0 Å². The van der Waals surface area contributed by atoms with Gasteiger partial charge in [-0.15, -0.1) is 0 Å². The third kappa shape index (κ3) is 5.30. The lowest BCUT2D eigenvalue weighted by Gasteiger charge is -2.13. The SMILES string of the molecule is N#Cc1ccc(-c2cc(-c3cccc(-n4c5ccccc5c5c6oc7ccccc7c6ccc54)c3)nc(-c3cccc(-n4c5ccccc5c5c6oc7ccccc7c6ccc54)c3)n2)cc1. The van der Waals surface area contributed by atoms with Gasteiger partial charge < -0.3 is 18.0 Å². The largest absolute Gasteiger partial charge is 0.455 e. The third-order valence-corrected chi connectivity index (χ3v) is 13.2. The highest BCUT2D eigenvalue weighted by Crippen LogP contribution is 2.43. The topological polar surface area (TPSA) is 85.7 Å². The fraction of sp³-hybridized carbons (Fsp3) is 0. The summed E-state index contributed by atoms with van der Waals surface area (Å²) >= 11 is 0. The van der Waals surface area contributed by atoms with E-state index >= 15 is 0 Å². The minimum Gasteiger partial charge on any atom is -0.455 e. The number of aromatic nitrogens is 4. The molecule has 9 aromatic carbocycles. The van der Waals surface area contributed by atoms with E-state index in [9.17, 15) is 5.26 Å². The van der Waals surface area contributed by atoms with Gasteiger partial charge in [0.15, 0.2) is 5.82 Å². The standard InChI is InChI=1S/C59H33N5O2/c60-34-35-23-25-36(26-24-35)47-33-48(37-11-9-13-39(31-37)63-49-19-5-1-17-45(49)55-51(63)29-27-43-41-15-3-7-21-53(41)65-57(43)55)62-59(61-47)38-12-10-14-40(32-38)64-50-20-6-2-18-46(50)56-52(64)30-28-44-42-16-4-8-22-54(42)66-58(44)56/h1-33H. The van der Waals surface area contributed by atoms with Crippen LogP contribution in [0.5, 0.6) is 0 Å². The van der Waals surface area contributed by atoms with E-state index in [1.807, 2.05) is 54.6 Å². The zero-order chi connectivity index (χ0) is 43.5. The Morgan fingerprint density at radius 2 is 0.864 bits per heavy atom. The monoisotopic (exact) mass is 843 g/mol. The summed E-state index contributed by atoms with van der Waals surface area (Å²) in [5, 5.41) is 18.5. The number of para-hydroxylation sites is 4. The van der Waals surface area contributed by atoms with Crippen molar-refractivity contribution in [3.63, 3.8) is 0 Å². The number of hydrogen-bond acceptors (Lipinski definition) is 5. The van der Waals surface area contributed by atoms with Crippen LogP contribution in [0.3, 0.4) is 0 Å². The van der Waals surface area contributed by atoms with Gasteiger partial charge in [0, 0.05) is 60.4 Å². The second-order valence-electron chi connectivity index (χ2n) is 16.8. The minimum absolute atomic E-state index is 0.587. The van der Waals surface area contributed by atoms with Crippen LogP contribution in [-0.4, -0.2) is 19.1 Å². The first-order valence-electron chi connectivity index (χ1n) is 21.9. The summed E-state index contributed by atoms with van der Waals surface area (Å²) in [6.45, 7) is 0. The molecule has 0 fully saturated rings. The van der Waals surface area contributed by atoms with E-state index in [1.54, 1.807) is 0 Å². The first-order chi connectivity index (χ1) is 32.7. The van der Waals surface area contributed by atoms with Crippen LogP contribution in [0, 0.1) is 11.3 Å². The first-order valence-corrected chi connectivity index (χ1v) is 21.9. The van der Waals surface area contributed by atoms with Gasteiger partial charge in [-0.05, 0) is 91.0 Å². The molecule has 66 heavy (non-hydrogen) atoms. The van der Waals surface area contributed by atoms with Gasteiger partial charge in [-0.25, -0.2) is 9.97 Å². The van der Waals surface area contributed by atoms with E-state index < -0.39 is 0 Å². The van der Waals surface area contributed by atoms with Gasteiger partial charge in [-0.3, -0.25) is 0 Å². The molecule has 0 aliphatic carbocycles. The van der Waals surface area contributed by atoms with Gasteiger partial charge >= 0.3 is 0 Å². The molecule has 0 atom stereocenters. The second kappa shape index (κ2) is 13.9. The highest BCUT2D eigenvalue weighted by molar-refractivity contribution is 6.25. The normalized spacial score (nSPS) is 11.9. The molecule has 0 saturated carbocycles. The average Bonchev–Trinajstić information content (AvgIpc) is 4.14. The van der Waals surface area contributed by atoms with Crippen LogP contribution < -0.4 is 0 Å². The van der Waals surface area contributed by atoms with Gasteiger partial charge in [0.2, 0.25) is 0 Å². The number of furan rings is 2. The van der Waals surface area contributed by atoms with Crippen molar-refractivity contribution in [2.75, 3.05) is 0 Å². The Bertz CT molecular complexity index is 4120. The quantitative estimate of drug-likeness (QED) is 0.172. The van der Waals surface area contributed by atoms with E-state index in [2.05, 4.69) is 161 Å². The summed E-state index contributed by atoms with van der Waals surface area (Å²) in [4.78, 5) is 10.6. The molecule has 0 unspecified atom stereocenters. The third-order valence-electron chi connectivity index (χ3n) is 13.2. The average molecular weight is 844 g/mol. The smallest absolute Gasteiger partial charge is 0.160 e. The van der Waals surface area contributed by atoms with Crippen LogP contribution in [0.1, 0.15) is 5.56 Å². The molecule has 0 radical (unpaired) electrons. The molecule has 14 rings (SSSR count). The highest BCUT2D eigenvalue weighted by Gasteiger charge is 2.21. The fourth-order valence-corrected chi connectivity index (χ4v) is 10.2. The zero-order valence-corrected chi connectivity index (χ0v) is 35.1. The number of rotatable bonds is 5. The van der Waals surface area contributed by atoms with Gasteiger partial charge in [0.05, 0.1) is 55.9 Å². The Labute approximate surface area is 376 Å².